The first-order valence-electron chi connectivity index (χ1n) is 8.52. The summed E-state index contributed by atoms with van der Waals surface area (Å²) < 4.78 is 1.93. The Labute approximate surface area is 172 Å². The Kier molecular flexibility index (Phi) is 7.69. The number of carbonyl (C=O) groups is 1. The lowest BCUT2D eigenvalue weighted by Crippen LogP contribution is -2.14. The van der Waals surface area contributed by atoms with Gasteiger partial charge in [0.05, 0.1) is 16.9 Å². The maximum Gasteiger partial charge on any atom is 0.250 e. The summed E-state index contributed by atoms with van der Waals surface area (Å²) in [5.74, 6) is -0.444. The first-order chi connectivity index (χ1) is 11.9. The quantitative estimate of drug-likeness (QED) is 0.657. The van der Waals surface area contributed by atoms with Crippen LogP contribution in [-0.2, 0) is 13.0 Å². The molecule has 146 valence electrons. The molecule has 1 aromatic carbocycles. The fourth-order valence-corrected chi connectivity index (χ4v) is 3.17. The first kappa shape index (κ1) is 22.8. The molecule has 0 bridgehead atoms. The van der Waals surface area contributed by atoms with Crippen molar-refractivity contribution < 1.29 is 4.79 Å². The standard InChI is InChI=1S/C20H24N4O.2ClH/c1-5-15-8-6-7-12(2)17(15)10-22-18-9-16(19(21)25)11-24-14(4)13(3)23-20(18)24;;/h6-9,11,22H,5,10H2,1-4H3,(H2,21,25);2*1H. The first-order valence-corrected chi connectivity index (χ1v) is 8.52. The van der Waals surface area contributed by atoms with E-state index in [1.165, 1.54) is 16.7 Å². The summed E-state index contributed by atoms with van der Waals surface area (Å²) in [6.45, 7) is 8.91. The molecule has 0 fully saturated rings. The molecule has 0 saturated heterocycles. The van der Waals surface area contributed by atoms with Crippen LogP contribution in [0.2, 0.25) is 0 Å². The molecule has 0 aliphatic heterocycles. The van der Waals surface area contributed by atoms with E-state index in [0.717, 1.165) is 29.1 Å². The number of aromatic nitrogens is 2. The number of nitrogens with two attached hydrogens (primary N) is 1. The SMILES string of the molecule is CCc1cccc(C)c1CNc1cc(C(N)=O)cn2c(C)c(C)nc12.Cl.Cl. The second kappa shape index (κ2) is 9.11. The van der Waals surface area contributed by atoms with Crippen molar-refractivity contribution in [1.82, 2.24) is 9.38 Å². The number of pyridine rings is 1. The molecular formula is C20H26Cl2N4O. The minimum absolute atomic E-state index is 0. The van der Waals surface area contributed by atoms with Gasteiger partial charge in [-0.25, -0.2) is 4.98 Å². The minimum Gasteiger partial charge on any atom is -0.378 e. The summed E-state index contributed by atoms with van der Waals surface area (Å²) in [6.07, 6.45) is 2.74. The summed E-state index contributed by atoms with van der Waals surface area (Å²) >= 11 is 0. The molecule has 0 atom stereocenters. The van der Waals surface area contributed by atoms with E-state index in [2.05, 4.69) is 42.3 Å². The molecule has 27 heavy (non-hydrogen) atoms. The van der Waals surface area contributed by atoms with Gasteiger partial charge < -0.3 is 15.5 Å². The van der Waals surface area contributed by atoms with Crippen molar-refractivity contribution in [2.24, 2.45) is 5.73 Å². The molecule has 3 N–H and O–H groups in total. The second-order valence-electron chi connectivity index (χ2n) is 6.40. The molecule has 2 heterocycles. The van der Waals surface area contributed by atoms with Gasteiger partial charge in [0.25, 0.3) is 0 Å². The lowest BCUT2D eigenvalue weighted by atomic mass is 10.00. The summed E-state index contributed by atoms with van der Waals surface area (Å²) in [5.41, 5.74) is 13.4. The van der Waals surface area contributed by atoms with Crippen molar-refractivity contribution in [1.29, 1.82) is 0 Å². The average molecular weight is 409 g/mol. The fraction of sp³-hybridized carbons (Fsp3) is 0.300. The van der Waals surface area contributed by atoms with Crippen molar-refractivity contribution in [3.05, 3.63) is 64.1 Å². The summed E-state index contributed by atoms with van der Waals surface area (Å²) in [4.78, 5) is 16.3. The van der Waals surface area contributed by atoms with E-state index in [4.69, 9.17) is 5.73 Å². The van der Waals surface area contributed by atoms with E-state index in [0.29, 0.717) is 12.1 Å². The monoisotopic (exact) mass is 408 g/mol. The minimum atomic E-state index is -0.444. The highest BCUT2D eigenvalue weighted by molar-refractivity contribution is 5.94. The number of rotatable bonds is 5. The summed E-state index contributed by atoms with van der Waals surface area (Å²) in [6, 6.07) is 8.15. The molecule has 5 nitrogen and oxygen atoms in total. The van der Waals surface area contributed by atoms with Crippen LogP contribution in [0.25, 0.3) is 5.65 Å². The molecule has 0 radical (unpaired) electrons. The second-order valence-corrected chi connectivity index (χ2v) is 6.40. The Morgan fingerprint density at radius 2 is 1.93 bits per heavy atom. The van der Waals surface area contributed by atoms with E-state index in [1.54, 1.807) is 12.3 Å². The molecule has 3 rings (SSSR count). The van der Waals surface area contributed by atoms with Crippen molar-refractivity contribution >= 4 is 42.1 Å². The summed E-state index contributed by atoms with van der Waals surface area (Å²) in [7, 11) is 0. The maximum atomic E-state index is 11.7. The number of hydrogen-bond acceptors (Lipinski definition) is 3. The van der Waals surface area contributed by atoms with Gasteiger partial charge in [0.1, 0.15) is 0 Å². The molecule has 7 heteroatoms. The van der Waals surface area contributed by atoms with Crippen LogP contribution < -0.4 is 11.1 Å². The lowest BCUT2D eigenvalue weighted by molar-refractivity contribution is 0.1000. The number of anilines is 1. The zero-order chi connectivity index (χ0) is 18.1. The number of halogens is 2. The van der Waals surface area contributed by atoms with Gasteiger partial charge in [-0.1, -0.05) is 25.1 Å². The topological polar surface area (TPSA) is 72.4 Å². The number of amides is 1. The van der Waals surface area contributed by atoms with Crippen molar-refractivity contribution in [2.75, 3.05) is 5.32 Å². The van der Waals surface area contributed by atoms with Crippen molar-refractivity contribution in [3.63, 3.8) is 0 Å². The number of hydrogen-bond donors (Lipinski definition) is 2. The molecule has 0 saturated carbocycles. The highest BCUT2D eigenvalue weighted by Crippen LogP contribution is 2.24. The number of benzene rings is 1. The molecule has 0 aliphatic rings. The van der Waals surface area contributed by atoms with Crippen LogP contribution in [0.1, 0.15) is 45.4 Å². The number of primary amides is 1. The van der Waals surface area contributed by atoms with Gasteiger partial charge in [-0.05, 0) is 49.9 Å². The van der Waals surface area contributed by atoms with Crippen LogP contribution in [0, 0.1) is 20.8 Å². The number of nitrogens with zero attached hydrogens (tertiary/aromatic N) is 2. The highest BCUT2D eigenvalue weighted by Gasteiger charge is 2.14. The zero-order valence-corrected chi connectivity index (χ0v) is 17.6. The number of carbonyl (C=O) groups excluding carboxylic acids is 1. The zero-order valence-electron chi connectivity index (χ0n) is 16.0. The Morgan fingerprint density at radius 1 is 1.22 bits per heavy atom. The largest absolute Gasteiger partial charge is 0.378 e. The molecule has 2 aromatic heterocycles. The third-order valence-corrected chi connectivity index (χ3v) is 4.82. The molecule has 1 amide bonds. The molecule has 0 spiro atoms. The third-order valence-electron chi connectivity index (χ3n) is 4.82. The van der Waals surface area contributed by atoms with Crippen LogP contribution in [0.5, 0.6) is 0 Å². The van der Waals surface area contributed by atoms with Crippen LogP contribution in [-0.4, -0.2) is 15.3 Å². The molecular weight excluding hydrogens is 383 g/mol. The van der Waals surface area contributed by atoms with Gasteiger partial charge >= 0.3 is 0 Å². The van der Waals surface area contributed by atoms with Crippen LogP contribution >= 0.6 is 24.8 Å². The number of aryl methyl sites for hydroxylation is 4. The maximum absolute atomic E-state index is 11.7. The third kappa shape index (κ3) is 4.37. The van der Waals surface area contributed by atoms with Gasteiger partial charge in [0.2, 0.25) is 5.91 Å². The molecule has 3 aromatic rings. The van der Waals surface area contributed by atoms with E-state index in [1.807, 2.05) is 18.2 Å². The van der Waals surface area contributed by atoms with E-state index in [-0.39, 0.29) is 24.8 Å². The predicted molar refractivity (Wildman–Crippen MR) is 116 cm³/mol. The van der Waals surface area contributed by atoms with Crippen LogP contribution in [0.4, 0.5) is 5.69 Å². The van der Waals surface area contributed by atoms with E-state index in [9.17, 15) is 4.79 Å². The number of nitrogens with one attached hydrogen (secondary N) is 1. The molecule has 0 aliphatic carbocycles. The Morgan fingerprint density at radius 3 is 2.56 bits per heavy atom. The van der Waals surface area contributed by atoms with Gasteiger partial charge in [-0.15, -0.1) is 24.8 Å². The fourth-order valence-electron chi connectivity index (χ4n) is 3.17. The normalized spacial score (nSPS) is 10.2. The van der Waals surface area contributed by atoms with Crippen molar-refractivity contribution in [2.45, 2.75) is 40.7 Å². The van der Waals surface area contributed by atoms with Gasteiger partial charge in [-0.3, -0.25) is 4.79 Å². The van der Waals surface area contributed by atoms with Crippen LogP contribution in [0.3, 0.4) is 0 Å². The lowest BCUT2D eigenvalue weighted by Gasteiger charge is -2.14. The number of imidazole rings is 1. The molecule has 0 unspecified atom stereocenters. The Balaban J connectivity index is 0.00000182. The predicted octanol–water partition coefficient (Wildman–Crippen LogP) is 4.38. The smallest absolute Gasteiger partial charge is 0.250 e. The highest BCUT2D eigenvalue weighted by atomic mass is 35.5. The van der Waals surface area contributed by atoms with Crippen molar-refractivity contribution in [3.8, 4) is 0 Å². The van der Waals surface area contributed by atoms with Crippen LogP contribution in [0.15, 0.2) is 30.5 Å². The Bertz CT molecular complexity index is 966. The van der Waals surface area contributed by atoms with Gasteiger partial charge in [0.15, 0.2) is 5.65 Å². The van der Waals surface area contributed by atoms with Gasteiger partial charge in [-0.2, -0.15) is 0 Å². The summed E-state index contributed by atoms with van der Waals surface area (Å²) in [5, 5.41) is 3.46. The van der Waals surface area contributed by atoms with E-state index < -0.39 is 5.91 Å². The number of fused-ring (bicyclic) bond motifs is 1. The van der Waals surface area contributed by atoms with E-state index >= 15 is 0 Å². The average Bonchev–Trinajstić information content (AvgIpc) is 2.88. The van der Waals surface area contributed by atoms with Gasteiger partial charge in [0, 0.05) is 18.4 Å². The Hall–Kier alpha value is -2.24.